The molecule has 0 saturated carbocycles. The standard InChI is InChI=1S/C23H26N4O3S/c1-16-4-6-20(7-5-16)15-31-13-12-24-23(28)21-10-8-19(9-11-21)14-26-18(3)22(27(29)30)17(2)25-26/h4-11H,12-15H2,1-3H3,(H,24,28). The molecule has 8 heteroatoms. The van der Waals surface area contributed by atoms with Gasteiger partial charge in [0.25, 0.3) is 5.91 Å². The molecule has 0 aliphatic heterocycles. The summed E-state index contributed by atoms with van der Waals surface area (Å²) in [5.74, 6) is 1.66. The minimum absolute atomic E-state index is 0.0521. The molecule has 1 heterocycles. The van der Waals surface area contributed by atoms with E-state index in [0.29, 0.717) is 30.0 Å². The van der Waals surface area contributed by atoms with Gasteiger partial charge in [-0.1, -0.05) is 42.0 Å². The maximum absolute atomic E-state index is 12.3. The van der Waals surface area contributed by atoms with E-state index in [0.717, 1.165) is 17.1 Å². The van der Waals surface area contributed by atoms with Crippen molar-refractivity contribution in [2.24, 2.45) is 0 Å². The van der Waals surface area contributed by atoms with Crippen molar-refractivity contribution in [3.63, 3.8) is 0 Å². The summed E-state index contributed by atoms with van der Waals surface area (Å²) in [5.41, 5.74) is 5.02. The molecule has 162 valence electrons. The lowest BCUT2D eigenvalue weighted by molar-refractivity contribution is -0.386. The number of benzene rings is 2. The Labute approximate surface area is 186 Å². The monoisotopic (exact) mass is 438 g/mol. The molecule has 31 heavy (non-hydrogen) atoms. The fourth-order valence-electron chi connectivity index (χ4n) is 3.25. The van der Waals surface area contributed by atoms with Gasteiger partial charge in [-0.05, 0) is 44.0 Å². The molecule has 0 unspecified atom stereocenters. The molecule has 1 aromatic heterocycles. The average molecular weight is 439 g/mol. The predicted octanol–water partition coefficient (Wildman–Crippen LogP) is 4.43. The molecule has 0 radical (unpaired) electrons. The number of nitro groups is 1. The van der Waals surface area contributed by atoms with Gasteiger partial charge in [-0.25, -0.2) is 0 Å². The summed E-state index contributed by atoms with van der Waals surface area (Å²) in [7, 11) is 0. The van der Waals surface area contributed by atoms with Gasteiger partial charge in [0.05, 0.1) is 11.5 Å². The van der Waals surface area contributed by atoms with Crippen LogP contribution in [0.25, 0.3) is 0 Å². The van der Waals surface area contributed by atoms with E-state index in [9.17, 15) is 14.9 Å². The smallest absolute Gasteiger partial charge is 0.312 e. The number of aromatic nitrogens is 2. The van der Waals surface area contributed by atoms with Gasteiger partial charge < -0.3 is 5.32 Å². The molecule has 0 bridgehead atoms. The fraction of sp³-hybridized carbons (Fsp3) is 0.304. The molecular formula is C23H26N4O3S. The highest BCUT2D eigenvalue weighted by molar-refractivity contribution is 7.98. The highest BCUT2D eigenvalue weighted by Crippen LogP contribution is 2.22. The first kappa shape index (κ1) is 22.6. The fourth-order valence-corrected chi connectivity index (χ4v) is 4.07. The number of carbonyl (C=O) groups is 1. The van der Waals surface area contributed by atoms with Crippen LogP contribution in [0.5, 0.6) is 0 Å². The predicted molar refractivity (Wildman–Crippen MR) is 124 cm³/mol. The molecule has 0 spiro atoms. The second kappa shape index (κ2) is 10.3. The second-order valence-electron chi connectivity index (χ2n) is 7.43. The molecule has 3 rings (SSSR count). The lowest BCUT2D eigenvalue weighted by Crippen LogP contribution is -2.25. The van der Waals surface area contributed by atoms with Crippen molar-refractivity contribution < 1.29 is 9.72 Å². The topological polar surface area (TPSA) is 90.1 Å². The third-order valence-corrected chi connectivity index (χ3v) is 6.03. The normalized spacial score (nSPS) is 10.8. The van der Waals surface area contributed by atoms with Crippen molar-refractivity contribution in [3.8, 4) is 0 Å². The SMILES string of the molecule is Cc1ccc(CSCCNC(=O)c2ccc(Cn3nc(C)c([N+](=O)[O-])c3C)cc2)cc1. The molecule has 1 amide bonds. The zero-order valence-electron chi connectivity index (χ0n) is 17.9. The average Bonchev–Trinajstić information content (AvgIpc) is 3.02. The lowest BCUT2D eigenvalue weighted by atomic mass is 10.1. The Hall–Kier alpha value is -3.13. The second-order valence-corrected chi connectivity index (χ2v) is 8.53. The van der Waals surface area contributed by atoms with Gasteiger partial charge in [-0.15, -0.1) is 0 Å². The molecule has 0 aliphatic carbocycles. The van der Waals surface area contributed by atoms with Gasteiger partial charge in [-0.2, -0.15) is 16.9 Å². The van der Waals surface area contributed by atoms with E-state index in [-0.39, 0.29) is 11.6 Å². The van der Waals surface area contributed by atoms with Gasteiger partial charge in [0, 0.05) is 23.6 Å². The summed E-state index contributed by atoms with van der Waals surface area (Å²) in [4.78, 5) is 23.1. The van der Waals surface area contributed by atoms with Crippen LogP contribution < -0.4 is 5.32 Å². The Bertz CT molecular complexity index is 1060. The highest BCUT2D eigenvalue weighted by atomic mass is 32.2. The zero-order chi connectivity index (χ0) is 22.4. The first-order chi connectivity index (χ1) is 14.8. The number of hydrogen-bond donors (Lipinski definition) is 1. The Morgan fingerprint density at radius 2 is 1.71 bits per heavy atom. The maximum Gasteiger partial charge on any atom is 0.312 e. The van der Waals surface area contributed by atoms with Crippen molar-refractivity contribution in [2.75, 3.05) is 12.3 Å². The third kappa shape index (κ3) is 5.95. The lowest BCUT2D eigenvalue weighted by Gasteiger charge is -2.08. The molecule has 0 aliphatic rings. The van der Waals surface area contributed by atoms with Gasteiger partial charge in [-0.3, -0.25) is 19.6 Å². The number of amides is 1. The van der Waals surface area contributed by atoms with Crippen LogP contribution in [0.15, 0.2) is 48.5 Å². The van der Waals surface area contributed by atoms with Crippen LogP contribution in [0, 0.1) is 30.9 Å². The van der Waals surface area contributed by atoms with Crippen molar-refractivity contribution in [1.82, 2.24) is 15.1 Å². The van der Waals surface area contributed by atoms with E-state index in [1.165, 1.54) is 11.1 Å². The van der Waals surface area contributed by atoms with Crippen molar-refractivity contribution >= 4 is 23.4 Å². The van der Waals surface area contributed by atoms with Crippen molar-refractivity contribution in [2.45, 2.75) is 33.1 Å². The third-order valence-electron chi connectivity index (χ3n) is 5.00. The van der Waals surface area contributed by atoms with Gasteiger partial charge in [0.15, 0.2) is 0 Å². The number of thioether (sulfide) groups is 1. The van der Waals surface area contributed by atoms with Crippen LogP contribution in [0.3, 0.4) is 0 Å². The van der Waals surface area contributed by atoms with Crippen LogP contribution in [0.1, 0.15) is 38.4 Å². The molecule has 0 atom stereocenters. The summed E-state index contributed by atoms with van der Waals surface area (Å²) in [5, 5.41) is 18.4. The zero-order valence-corrected chi connectivity index (χ0v) is 18.7. The van der Waals surface area contributed by atoms with Crippen LogP contribution in [0.4, 0.5) is 5.69 Å². The van der Waals surface area contributed by atoms with E-state index in [2.05, 4.69) is 41.6 Å². The molecule has 3 aromatic rings. The van der Waals surface area contributed by atoms with Crippen molar-refractivity contribution in [1.29, 1.82) is 0 Å². The van der Waals surface area contributed by atoms with Gasteiger partial charge in [0.1, 0.15) is 11.4 Å². The number of hydrogen-bond acceptors (Lipinski definition) is 5. The quantitative estimate of drug-likeness (QED) is 0.303. The summed E-state index contributed by atoms with van der Waals surface area (Å²) in [6, 6.07) is 15.7. The van der Waals surface area contributed by atoms with Gasteiger partial charge >= 0.3 is 5.69 Å². The number of rotatable bonds is 9. The first-order valence-corrected chi connectivity index (χ1v) is 11.2. The molecule has 7 nitrogen and oxygen atoms in total. The van der Waals surface area contributed by atoms with E-state index in [4.69, 9.17) is 0 Å². The Balaban J connectivity index is 1.47. The number of aryl methyl sites for hydroxylation is 2. The van der Waals surface area contributed by atoms with Crippen LogP contribution in [-0.2, 0) is 12.3 Å². The summed E-state index contributed by atoms with van der Waals surface area (Å²) in [6.07, 6.45) is 0. The summed E-state index contributed by atoms with van der Waals surface area (Å²) < 4.78 is 1.62. The Morgan fingerprint density at radius 3 is 2.32 bits per heavy atom. The highest BCUT2D eigenvalue weighted by Gasteiger charge is 2.21. The van der Waals surface area contributed by atoms with E-state index < -0.39 is 4.92 Å². The van der Waals surface area contributed by atoms with Crippen LogP contribution in [-0.4, -0.2) is 32.9 Å². The van der Waals surface area contributed by atoms with E-state index in [1.54, 1.807) is 42.4 Å². The first-order valence-electron chi connectivity index (χ1n) is 10.0. The molecule has 0 fully saturated rings. The van der Waals surface area contributed by atoms with E-state index >= 15 is 0 Å². The van der Waals surface area contributed by atoms with Crippen molar-refractivity contribution in [3.05, 3.63) is 92.3 Å². The Morgan fingerprint density at radius 1 is 1.06 bits per heavy atom. The maximum atomic E-state index is 12.3. The minimum Gasteiger partial charge on any atom is -0.351 e. The number of nitrogens with zero attached hydrogens (tertiary/aromatic N) is 3. The van der Waals surface area contributed by atoms with Crippen LogP contribution >= 0.6 is 11.8 Å². The van der Waals surface area contributed by atoms with Gasteiger partial charge in [0.2, 0.25) is 0 Å². The number of carbonyl (C=O) groups excluding carboxylic acids is 1. The van der Waals surface area contributed by atoms with E-state index in [1.807, 2.05) is 12.1 Å². The summed E-state index contributed by atoms with van der Waals surface area (Å²) >= 11 is 1.79. The Kier molecular flexibility index (Phi) is 7.46. The molecule has 1 N–H and O–H groups in total. The molecule has 0 saturated heterocycles. The molecular weight excluding hydrogens is 412 g/mol. The number of nitrogens with one attached hydrogen (secondary N) is 1. The van der Waals surface area contributed by atoms with Crippen LogP contribution in [0.2, 0.25) is 0 Å². The molecule has 2 aromatic carbocycles. The largest absolute Gasteiger partial charge is 0.351 e. The minimum atomic E-state index is -0.402. The summed E-state index contributed by atoms with van der Waals surface area (Å²) in [6.45, 7) is 6.42.